The molecule has 0 fully saturated rings. The first-order chi connectivity index (χ1) is 19.2. The van der Waals surface area contributed by atoms with Crippen LogP contribution >= 0.6 is 0 Å². The van der Waals surface area contributed by atoms with Crippen LogP contribution in [0.2, 0.25) is 0 Å². The molecule has 4 aromatic carbocycles. The number of aliphatic hydroxyl groups is 1. The van der Waals surface area contributed by atoms with E-state index in [0.717, 1.165) is 38.2 Å². The molecule has 0 amide bonds. The summed E-state index contributed by atoms with van der Waals surface area (Å²) < 4.78 is 10.6. The Hall–Kier alpha value is -5.23. The SMILES string of the molecule is C=C(C)C(=C)Oc1ccc2cc(C#CCOC(=O)C(=C)C)ccc2c1.OCC#Cc1ccc2cc(O)ccc2c1. The number of carbonyl (C=O) groups excluding carboxylic acids is 1. The van der Waals surface area contributed by atoms with Crippen LogP contribution < -0.4 is 4.74 Å². The van der Waals surface area contributed by atoms with Crippen LogP contribution in [0.5, 0.6) is 11.5 Å². The third-order valence-corrected chi connectivity index (χ3v) is 5.52. The van der Waals surface area contributed by atoms with Crippen LogP contribution in [0.25, 0.3) is 21.5 Å². The van der Waals surface area contributed by atoms with Crippen molar-refractivity contribution in [3.63, 3.8) is 0 Å². The van der Waals surface area contributed by atoms with Gasteiger partial charge in [0, 0.05) is 16.7 Å². The monoisotopic (exact) mass is 530 g/mol. The topological polar surface area (TPSA) is 76.0 Å². The van der Waals surface area contributed by atoms with Gasteiger partial charge in [-0.1, -0.05) is 67.7 Å². The number of carbonyl (C=O) groups is 1. The molecule has 40 heavy (non-hydrogen) atoms. The molecule has 4 aromatic rings. The molecule has 2 N–H and O–H groups in total. The molecule has 0 heterocycles. The number of fused-ring (bicyclic) bond motifs is 2. The lowest BCUT2D eigenvalue weighted by Gasteiger charge is -2.09. The van der Waals surface area contributed by atoms with Gasteiger partial charge in [-0.05, 0) is 89.5 Å². The number of rotatable bonds is 5. The minimum absolute atomic E-state index is 0.0412. The van der Waals surface area contributed by atoms with Crippen molar-refractivity contribution in [3.05, 3.63) is 121 Å². The summed E-state index contributed by atoms with van der Waals surface area (Å²) in [5, 5.41) is 21.9. The van der Waals surface area contributed by atoms with E-state index in [9.17, 15) is 9.90 Å². The summed E-state index contributed by atoms with van der Waals surface area (Å²) in [6.07, 6.45) is 0. The first-order valence-corrected chi connectivity index (χ1v) is 12.4. The van der Waals surface area contributed by atoms with Gasteiger partial charge < -0.3 is 19.7 Å². The van der Waals surface area contributed by atoms with Crippen LogP contribution in [0.1, 0.15) is 25.0 Å². The van der Waals surface area contributed by atoms with Gasteiger partial charge >= 0.3 is 5.97 Å². The van der Waals surface area contributed by atoms with E-state index in [-0.39, 0.29) is 19.0 Å². The fourth-order valence-corrected chi connectivity index (χ4v) is 3.41. The summed E-state index contributed by atoms with van der Waals surface area (Å²) in [5.74, 6) is 12.3. The zero-order valence-electron chi connectivity index (χ0n) is 22.6. The van der Waals surface area contributed by atoms with Crippen molar-refractivity contribution < 1.29 is 24.5 Å². The van der Waals surface area contributed by atoms with Crippen molar-refractivity contribution in [2.45, 2.75) is 13.8 Å². The Kier molecular flexibility index (Phi) is 10.3. The number of hydrogen-bond donors (Lipinski definition) is 2. The first kappa shape index (κ1) is 29.3. The molecule has 0 radical (unpaired) electrons. The van der Waals surface area contributed by atoms with Gasteiger partial charge in [0.25, 0.3) is 0 Å². The largest absolute Gasteiger partial charge is 0.508 e. The summed E-state index contributed by atoms with van der Waals surface area (Å²) in [6.45, 7) is 14.5. The maximum atomic E-state index is 11.3. The zero-order chi connectivity index (χ0) is 29.1. The molecule has 200 valence electrons. The Balaban J connectivity index is 0.000000249. The van der Waals surface area contributed by atoms with E-state index in [0.29, 0.717) is 17.1 Å². The number of phenols is 1. The molecule has 0 aromatic heterocycles. The Morgan fingerprint density at radius 1 is 0.750 bits per heavy atom. The first-order valence-electron chi connectivity index (χ1n) is 12.4. The highest BCUT2D eigenvalue weighted by atomic mass is 16.5. The second kappa shape index (κ2) is 14.1. The lowest BCUT2D eigenvalue weighted by molar-refractivity contribution is -0.137. The highest BCUT2D eigenvalue weighted by Gasteiger charge is 2.03. The van der Waals surface area contributed by atoms with E-state index in [1.165, 1.54) is 0 Å². The standard InChI is InChI=1S/C22H20O3.C13H10O2/c1-15(2)17(5)25-21-11-10-19-13-18(8-9-20(19)14-21)7-6-12-24-22(23)16(3)4;14-7-1-2-10-3-4-12-9-13(15)6-5-11(12)8-10/h8-11,13-14H,1,3,5,12H2,2,4H3;3-6,8-9,14-15H,7H2. The van der Waals surface area contributed by atoms with Gasteiger partial charge in [0.05, 0.1) is 0 Å². The molecule has 0 aliphatic heterocycles. The van der Waals surface area contributed by atoms with Crippen LogP contribution in [0.15, 0.2) is 109 Å². The molecule has 0 unspecified atom stereocenters. The molecule has 5 heteroatoms. The number of hydrogen-bond acceptors (Lipinski definition) is 5. The van der Waals surface area contributed by atoms with Crippen LogP contribution in [-0.4, -0.2) is 29.4 Å². The second-order valence-corrected chi connectivity index (χ2v) is 8.89. The number of allylic oxidation sites excluding steroid dienone is 1. The Labute approximate surface area is 234 Å². The lowest BCUT2D eigenvalue weighted by atomic mass is 10.1. The second-order valence-electron chi connectivity index (χ2n) is 8.89. The number of aliphatic hydroxyl groups excluding tert-OH is 1. The van der Waals surface area contributed by atoms with Crippen LogP contribution in [-0.2, 0) is 9.53 Å². The molecule has 5 nitrogen and oxygen atoms in total. The van der Waals surface area contributed by atoms with Crippen molar-refractivity contribution >= 4 is 27.5 Å². The predicted molar refractivity (Wildman–Crippen MR) is 161 cm³/mol. The maximum Gasteiger partial charge on any atom is 0.334 e. The van der Waals surface area contributed by atoms with E-state index in [4.69, 9.17) is 14.6 Å². The minimum Gasteiger partial charge on any atom is -0.508 e. The van der Waals surface area contributed by atoms with E-state index in [2.05, 4.69) is 43.4 Å². The fourth-order valence-electron chi connectivity index (χ4n) is 3.41. The van der Waals surface area contributed by atoms with Gasteiger partial charge in [0.1, 0.15) is 23.9 Å². The molecule has 0 spiro atoms. The highest BCUT2D eigenvalue weighted by Crippen LogP contribution is 2.24. The summed E-state index contributed by atoms with van der Waals surface area (Å²) >= 11 is 0. The van der Waals surface area contributed by atoms with Crippen molar-refractivity contribution in [2.24, 2.45) is 0 Å². The number of benzene rings is 4. The molecule has 0 saturated carbocycles. The van der Waals surface area contributed by atoms with Crippen molar-refractivity contribution in [1.29, 1.82) is 0 Å². The van der Waals surface area contributed by atoms with Gasteiger partial charge in [-0.2, -0.15) is 0 Å². The molecule has 0 saturated heterocycles. The van der Waals surface area contributed by atoms with Gasteiger partial charge in [-0.15, -0.1) is 0 Å². The molecule has 0 aliphatic carbocycles. The molecule has 0 atom stereocenters. The average molecular weight is 531 g/mol. The van der Waals surface area contributed by atoms with E-state index < -0.39 is 5.97 Å². The Morgan fingerprint density at radius 2 is 1.30 bits per heavy atom. The average Bonchev–Trinajstić information content (AvgIpc) is 2.94. The Bertz CT molecular complexity index is 1720. The molecular weight excluding hydrogens is 500 g/mol. The quantitative estimate of drug-likeness (QED) is 0.0991. The van der Waals surface area contributed by atoms with Gasteiger partial charge in [-0.3, -0.25) is 0 Å². The minimum atomic E-state index is -0.434. The predicted octanol–water partition coefficient (Wildman–Crippen LogP) is 6.67. The fraction of sp³-hybridized carbons (Fsp3) is 0.114. The summed E-state index contributed by atoms with van der Waals surface area (Å²) in [4.78, 5) is 11.3. The van der Waals surface area contributed by atoms with Crippen molar-refractivity contribution in [2.75, 3.05) is 13.2 Å². The van der Waals surface area contributed by atoms with Crippen LogP contribution in [0.3, 0.4) is 0 Å². The van der Waals surface area contributed by atoms with Gasteiger partial charge in [0.15, 0.2) is 6.61 Å². The number of phenolic OH excluding ortho intramolecular Hbond substituents is 1. The van der Waals surface area contributed by atoms with Gasteiger partial charge in [0.2, 0.25) is 0 Å². The maximum absolute atomic E-state index is 11.3. The smallest absolute Gasteiger partial charge is 0.334 e. The Morgan fingerprint density at radius 3 is 1.90 bits per heavy atom. The van der Waals surface area contributed by atoms with E-state index in [1.54, 1.807) is 19.1 Å². The van der Waals surface area contributed by atoms with Gasteiger partial charge in [-0.25, -0.2) is 4.79 Å². The van der Waals surface area contributed by atoms with Crippen molar-refractivity contribution in [1.82, 2.24) is 0 Å². The third kappa shape index (κ3) is 8.67. The van der Waals surface area contributed by atoms with Crippen LogP contribution in [0, 0.1) is 23.7 Å². The summed E-state index contributed by atoms with van der Waals surface area (Å²) in [7, 11) is 0. The highest BCUT2D eigenvalue weighted by molar-refractivity contribution is 5.87. The number of ether oxygens (including phenoxy) is 2. The van der Waals surface area contributed by atoms with E-state index >= 15 is 0 Å². The molecular formula is C35H30O5. The zero-order valence-corrected chi connectivity index (χ0v) is 22.6. The summed E-state index contributed by atoms with van der Waals surface area (Å²) in [5.41, 5.74) is 2.86. The molecule has 0 bridgehead atoms. The lowest BCUT2D eigenvalue weighted by Crippen LogP contribution is -2.04. The number of esters is 1. The third-order valence-electron chi connectivity index (χ3n) is 5.52. The molecule has 0 aliphatic rings. The number of aromatic hydroxyl groups is 1. The van der Waals surface area contributed by atoms with Crippen LogP contribution in [0.4, 0.5) is 0 Å². The van der Waals surface area contributed by atoms with E-state index in [1.807, 2.05) is 67.6 Å². The molecule has 4 rings (SSSR count). The summed E-state index contributed by atoms with van der Waals surface area (Å²) in [6, 6.07) is 22.5. The van der Waals surface area contributed by atoms with Crippen molar-refractivity contribution in [3.8, 4) is 35.2 Å². The normalized spacial score (nSPS) is 9.68.